The second-order valence-corrected chi connectivity index (χ2v) is 6.69. The molecular formula is C17H13BrFN3O4. The number of aromatic nitrogens is 1. The number of amides is 3. The van der Waals surface area contributed by atoms with Gasteiger partial charge in [0.2, 0.25) is 5.91 Å². The zero-order valence-electron chi connectivity index (χ0n) is 13.3. The number of hydrogen-bond donors (Lipinski definition) is 2. The summed E-state index contributed by atoms with van der Waals surface area (Å²) in [7, 11) is 0. The zero-order valence-corrected chi connectivity index (χ0v) is 14.9. The first-order valence-electron chi connectivity index (χ1n) is 7.58. The van der Waals surface area contributed by atoms with E-state index >= 15 is 0 Å². The number of nitrogens with one attached hydrogen (secondary N) is 2. The van der Waals surface area contributed by atoms with Gasteiger partial charge >= 0.3 is 0 Å². The lowest BCUT2D eigenvalue weighted by atomic mass is 9.99. The van der Waals surface area contributed by atoms with Crippen molar-refractivity contribution in [1.29, 1.82) is 0 Å². The van der Waals surface area contributed by atoms with E-state index in [9.17, 15) is 23.6 Å². The molecule has 26 heavy (non-hydrogen) atoms. The Morgan fingerprint density at radius 1 is 1.38 bits per heavy atom. The van der Waals surface area contributed by atoms with Crippen molar-refractivity contribution in [3.8, 4) is 0 Å². The molecule has 0 spiro atoms. The van der Waals surface area contributed by atoms with Crippen molar-refractivity contribution in [2.75, 3.05) is 0 Å². The SMILES string of the molecule is O=C[C@@]1(n2cccc2C(=O)NCc2ccc(Br)cc2F)CC(=O)NC1=O. The summed E-state index contributed by atoms with van der Waals surface area (Å²) in [5, 5.41) is 4.61. The van der Waals surface area contributed by atoms with Gasteiger partial charge in [-0.1, -0.05) is 22.0 Å². The van der Waals surface area contributed by atoms with Gasteiger partial charge < -0.3 is 14.7 Å². The van der Waals surface area contributed by atoms with Crippen LogP contribution in [0.5, 0.6) is 0 Å². The molecule has 1 aliphatic heterocycles. The Hall–Kier alpha value is -2.81. The number of nitrogens with zero attached hydrogens (tertiary/aromatic N) is 1. The van der Waals surface area contributed by atoms with Gasteiger partial charge in [-0.25, -0.2) is 4.39 Å². The molecule has 7 nitrogen and oxygen atoms in total. The third-order valence-electron chi connectivity index (χ3n) is 4.14. The summed E-state index contributed by atoms with van der Waals surface area (Å²) in [6.45, 7) is -0.0810. The first-order valence-corrected chi connectivity index (χ1v) is 8.37. The molecule has 1 saturated heterocycles. The molecular weight excluding hydrogens is 409 g/mol. The van der Waals surface area contributed by atoms with E-state index in [1.54, 1.807) is 6.07 Å². The lowest BCUT2D eigenvalue weighted by Gasteiger charge is -2.23. The number of carbonyl (C=O) groups is 4. The van der Waals surface area contributed by atoms with E-state index in [0.29, 0.717) is 10.8 Å². The molecule has 1 atom stereocenters. The summed E-state index contributed by atoms with van der Waals surface area (Å²) < 4.78 is 15.6. The molecule has 134 valence electrons. The van der Waals surface area contributed by atoms with E-state index in [4.69, 9.17) is 0 Å². The minimum Gasteiger partial charge on any atom is -0.347 e. The molecule has 0 bridgehead atoms. The zero-order chi connectivity index (χ0) is 18.9. The van der Waals surface area contributed by atoms with Crippen LogP contribution in [-0.2, 0) is 26.5 Å². The number of imide groups is 1. The molecule has 2 aromatic rings. The molecule has 2 N–H and O–H groups in total. The molecule has 0 saturated carbocycles. The fraction of sp³-hybridized carbons (Fsp3) is 0.176. The maximum Gasteiger partial charge on any atom is 0.268 e. The van der Waals surface area contributed by atoms with Crippen molar-refractivity contribution < 1.29 is 23.6 Å². The first kappa shape index (κ1) is 18.0. The van der Waals surface area contributed by atoms with E-state index < -0.39 is 29.1 Å². The van der Waals surface area contributed by atoms with Gasteiger partial charge in [-0.2, -0.15) is 0 Å². The highest BCUT2D eigenvalue weighted by atomic mass is 79.9. The molecule has 0 radical (unpaired) electrons. The predicted octanol–water partition coefficient (Wildman–Crippen LogP) is 1.26. The van der Waals surface area contributed by atoms with Crippen LogP contribution in [0.2, 0.25) is 0 Å². The fourth-order valence-corrected chi connectivity index (χ4v) is 3.13. The summed E-state index contributed by atoms with van der Waals surface area (Å²) in [6, 6.07) is 7.34. The number of aldehydes is 1. The van der Waals surface area contributed by atoms with Gasteiger partial charge in [-0.15, -0.1) is 0 Å². The molecule has 3 amide bonds. The lowest BCUT2D eigenvalue weighted by molar-refractivity contribution is -0.132. The van der Waals surface area contributed by atoms with Crippen LogP contribution >= 0.6 is 15.9 Å². The highest BCUT2D eigenvalue weighted by Gasteiger charge is 2.49. The van der Waals surface area contributed by atoms with Gasteiger partial charge in [0.15, 0.2) is 11.8 Å². The number of carbonyl (C=O) groups excluding carboxylic acids is 4. The van der Waals surface area contributed by atoms with Gasteiger partial charge in [-0.05, 0) is 24.3 Å². The number of halogens is 2. The van der Waals surface area contributed by atoms with E-state index in [1.807, 2.05) is 0 Å². The van der Waals surface area contributed by atoms with Gasteiger partial charge in [0.1, 0.15) is 11.5 Å². The molecule has 1 aromatic carbocycles. The molecule has 0 aliphatic carbocycles. The third-order valence-corrected chi connectivity index (χ3v) is 4.63. The quantitative estimate of drug-likeness (QED) is 0.431. The Morgan fingerprint density at radius 2 is 2.15 bits per heavy atom. The van der Waals surface area contributed by atoms with E-state index in [-0.39, 0.29) is 24.2 Å². The van der Waals surface area contributed by atoms with Crippen LogP contribution in [-0.4, -0.2) is 28.6 Å². The van der Waals surface area contributed by atoms with Gasteiger partial charge in [0.05, 0.1) is 6.42 Å². The van der Waals surface area contributed by atoms with E-state index in [2.05, 4.69) is 26.6 Å². The minimum absolute atomic E-state index is 0.0134. The van der Waals surface area contributed by atoms with Gasteiger partial charge in [0, 0.05) is 22.8 Å². The fourth-order valence-electron chi connectivity index (χ4n) is 2.80. The first-order chi connectivity index (χ1) is 12.4. The van der Waals surface area contributed by atoms with E-state index in [1.165, 1.54) is 30.5 Å². The van der Waals surface area contributed by atoms with Crippen LogP contribution in [0.4, 0.5) is 4.39 Å². The van der Waals surface area contributed by atoms with Gasteiger partial charge in [-0.3, -0.25) is 19.7 Å². The summed E-state index contributed by atoms with van der Waals surface area (Å²) in [6.07, 6.45) is 1.34. The Kier molecular flexibility index (Phi) is 4.73. The van der Waals surface area contributed by atoms with E-state index in [0.717, 1.165) is 4.57 Å². The van der Waals surface area contributed by atoms with Crippen molar-refractivity contribution in [2.45, 2.75) is 18.5 Å². The Morgan fingerprint density at radius 3 is 2.77 bits per heavy atom. The Balaban J connectivity index is 1.84. The standard InChI is InChI=1S/C17H13BrFN3O4/c18-11-4-3-10(12(19)6-11)8-20-15(25)13-2-1-5-22(13)17(9-23)7-14(24)21-16(17)26/h1-6,9H,7-8H2,(H,20,25)(H,21,24,26)/t17-/m0/s1. The van der Waals surface area contributed by atoms with Crippen molar-refractivity contribution in [1.82, 2.24) is 15.2 Å². The molecule has 3 rings (SSSR count). The number of hydrogen-bond acceptors (Lipinski definition) is 4. The van der Waals surface area contributed by atoms with Crippen LogP contribution in [0.15, 0.2) is 41.0 Å². The van der Waals surface area contributed by atoms with Crippen LogP contribution < -0.4 is 10.6 Å². The van der Waals surface area contributed by atoms with Crippen molar-refractivity contribution in [3.63, 3.8) is 0 Å². The third kappa shape index (κ3) is 3.05. The smallest absolute Gasteiger partial charge is 0.268 e. The summed E-state index contributed by atoms with van der Waals surface area (Å²) in [5.41, 5.74) is -1.51. The normalized spacial score (nSPS) is 19.3. The average molecular weight is 422 g/mol. The Labute approximate surface area is 155 Å². The molecule has 1 aliphatic rings. The van der Waals surface area contributed by atoms with Crippen molar-refractivity contribution >= 4 is 39.9 Å². The molecule has 9 heteroatoms. The van der Waals surface area contributed by atoms with Crippen LogP contribution in [0.1, 0.15) is 22.5 Å². The van der Waals surface area contributed by atoms with Crippen LogP contribution in [0.3, 0.4) is 0 Å². The highest BCUT2D eigenvalue weighted by Crippen LogP contribution is 2.26. The maximum atomic E-state index is 13.9. The molecule has 2 heterocycles. The second kappa shape index (κ2) is 6.83. The predicted molar refractivity (Wildman–Crippen MR) is 91.5 cm³/mol. The maximum absolute atomic E-state index is 13.9. The van der Waals surface area contributed by atoms with Crippen LogP contribution in [0, 0.1) is 5.82 Å². The topological polar surface area (TPSA) is 97.3 Å². The largest absolute Gasteiger partial charge is 0.347 e. The molecule has 1 fully saturated rings. The molecule has 0 unspecified atom stereocenters. The second-order valence-electron chi connectivity index (χ2n) is 5.78. The summed E-state index contributed by atoms with van der Waals surface area (Å²) in [5.74, 6) is -2.48. The highest BCUT2D eigenvalue weighted by molar-refractivity contribution is 9.10. The minimum atomic E-state index is -1.80. The monoisotopic (exact) mass is 421 g/mol. The molecule has 1 aromatic heterocycles. The number of rotatable bonds is 5. The summed E-state index contributed by atoms with van der Waals surface area (Å²) in [4.78, 5) is 47.7. The Bertz CT molecular complexity index is 926. The van der Waals surface area contributed by atoms with Gasteiger partial charge in [0.25, 0.3) is 11.8 Å². The summed E-state index contributed by atoms with van der Waals surface area (Å²) >= 11 is 3.15. The average Bonchev–Trinajstić information content (AvgIpc) is 3.18. The number of benzene rings is 1. The van der Waals surface area contributed by atoms with Crippen molar-refractivity contribution in [3.05, 3.63) is 58.1 Å². The van der Waals surface area contributed by atoms with Crippen LogP contribution in [0.25, 0.3) is 0 Å². The van der Waals surface area contributed by atoms with Crippen molar-refractivity contribution in [2.24, 2.45) is 0 Å². The lowest BCUT2D eigenvalue weighted by Crippen LogP contribution is -2.44.